The highest BCUT2D eigenvalue weighted by Gasteiger charge is 2.27. The van der Waals surface area contributed by atoms with E-state index in [0.29, 0.717) is 48.6 Å². The minimum atomic E-state index is -0.327. The van der Waals surface area contributed by atoms with Crippen LogP contribution in [0.2, 0.25) is 0 Å². The monoisotopic (exact) mass is 342 g/mol. The molecule has 25 heavy (non-hydrogen) atoms. The van der Waals surface area contributed by atoms with Crippen molar-refractivity contribution < 1.29 is 14.0 Å². The first-order chi connectivity index (χ1) is 12.0. The van der Waals surface area contributed by atoms with Crippen LogP contribution in [0.3, 0.4) is 0 Å². The van der Waals surface area contributed by atoms with E-state index in [1.807, 2.05) is 0 Å². The summed E-state index contributed by atoms with van der Waals surface area (Å²) in [5.41, 5.74) is 7.01. The van der Waals surface area contributed by atoms with Crippen LogP contribution in [0, 0.1) is 18.7 Å². The molecule has 2 amide bonds. The molecule has 0 saturated carbocycles. The summed E-state index contributed by atoms with van der Waals surface area (Å²) >= 11 is 0. The average molecular weight is 342 g/mol. The Bertz CT molecular complexity index is 799. The molecule has 1 aromatic heterocycles. The van der Waals surface area contributed by atoms with Gasteiger partial charge in [0.15, 0.2) is 5.82 Å². The lowest BCUT2D eigenvalue weighted by Crippen LogP contribution is -2.42. The minimum Gasteiger partial charge on any atom is -0.369 e. The Kier molecular flexibility index (Phi) is 4.74. The van der Waals surface area contributed by atoms with Gasteiger partial charge in [0.1, 0.15) is 5.82 Å². The smallest absolute Gasteiger partial charge is 0.257 e. The third-order valence-electron chi connectivity index (χ3n) is 4.50. The largest absolute Gasteiger partial charge is 0.369 e. The zero-order chi connectivity index (χ0) is 18.0. The molecule has 0 spiro atoms. The van der Waals surface area contributed by atoms with Crippen molar-refractivity contribution in [2.45, 2.75) is 19.8 Å². The normalized spacial score (nSPS) is 15.2. The highest BCUT2D eigenvalue weighted by atomic mass is 19.1. The van der Waals surface area contributed by atoms with Crippen LogP contribution in [0.25, 0.3) is 11.4 Å². The second-order valence-electron chi connectivity index (χ2n) is 6.17. The van der Waals surface area contributed by atoms with Gasteiger partial charge in [0, 0.05) is 30.8 Å². The van der Waals surface area contributed by atoms with Crippen LogP contribution in [0.15, 0.2) is 30.5 Å². The van der Waals surface area contributed by atoms with E-state index in [1.165, 1.54) is 18.3 Å². The molecular formula is C18H19FN4O2. The number of benzene rings is 1. The van der Waals surface area contributed by atoms with Crippen molar-refractivity contribution in [1.29, 1.82) is 0 Å². The molecule has 130 valence electrons. The number of nitrogens with zero attached hydrogens (tertiary/aromatic N) is 3. The third-order valence-corrected chi connectivity index (χ3v) is 4.50. The molecule has 0 radical (unpaired) electrons. The Morgan fingerprint density at radius 3 is 2.40 bits per heavy atom. The maximum absolute atomic E-state index is 13.0. The van der Waals surface area contributed by atoms with E-state index in [9.17, 15) is 14.0 Å². The van der Waals surface area contributed by atoms with Gasteiger partial charge in [0.05, 0.1) is 11.3 Å². The molecular weight excluding hydrogens is 323 g/mol. The number of carbonyl (C=O) groups excluding carboxylic acids is 2. The fourth-order valence-corrected chi connectivity index (χ4v) is 2.95. The number of carbonyl (C=O) groups is 2. The Morgan fingerprint density at radius 2 is 1.84 bits per heavy atom. The van der Waals surface area contributed by atoms with Gasteiger partial charge < -0.3 is 10.6 Å². The fourth-order valence-electron chi connectivity index (χ4n) is 2.95. The zero-order valence-electron chi connectivity index (χ0n) is 13.9. The number of primary amides is 1. The van der Waals surface area contributed by atoms with Gasteiger partial charge in [0.25, 0.3) is 5.91 Å². The van der Waals surface area contributed by atoms with Crippen LogP contribution in [0.1, 0.15) is 28.9 Å². The van der Waals surface area contributed by atoms with Crippen LogP contribution in [-0.4, -0.2) is 39.8 Å². The molecule has 0 aliphatic carbocycles. The molecule has 1 aliphatic rings. The van der Waals surface area contributed by atoms with E-state index in [0.717, 1.165) is 0 Å². The highest BCUT2D eigenvalue weighted by molar-refractivity contribution is 5.95. The van der Waals surface area contributed by atoms with Crippen molar-refractivity contribution in [3.05, 3.63) is 47.5 Å². The molecule has 2 heterocycles. The van der Waals surface area contributed by atoms with Crippen LogP contribution >= 0.6 is 0 Å². The van der Waals surface area contributed by atoms with Crippen molar-refractivity contribution in [3.63, 3.8) is 0 Å². The summed E-state index contributed by atoms with van der Waals surface area (Å²) in [7, 11) is 0. The predicted octanol–water partition coefficient (Wildman–Crippen LogP) is 1.93. The number of amides is 2. The SMILES string of the molecule is Cc1nc(-c2ccc(F)cc2)ncc1C(=O)N1CCC(C(N)=O)CC1. The van der Waals surface area contributed by atoms with E-state index in [2.05, 4.69) is 9.97 Å². The van der Waals surface area contributed by atoms with Crippen LogP contribution < -0.4 is 5.73 Å². The van der Waals surface area contributed by atoms with Gasteiger partial charge in [-0.3, -0.25) is 9.59 Å². The first-order valence-electron chi connectivity index (χ1n) is 8.14. The summed E-state index contributed by atoms with van der Waals surface area (Å²) in [6, 6.07) is 5.88. The predicted molar refractivity (Wildman–Crippen MR) is 90.0 cm³/mol. The summed E-state index contributed by atoms with van der Waals surface area (Å²) in [6.07, 6.45) is 2.66. The molecule has 0 atom stereocenters. The lowest BCUT2D eigenvalue weighted by atomic mass is 9.96. The molecule has 1 saturated heterocycles. The summed E-state index contributed by atoms with van der Waals surface area (Å²) in [6.45, 7) is 2.73. The molecule has 2 N–H and O–H groups in total. The highest BCUT2D eigenvalue weighted by Crippen LogP contribution is 2.21. The number of hydrogen-bond donors (Lipinski definition) is 1. The Labute approximate surface area is 144 Å². The molecule has 7 heteroatoms. The molecule has 1 fully saturated rings. The van der Waals surface area contributed by atoms with E-state index < -0.39 is 0 Å². The lowest BCUT2D eigenvalue weighted by Gasteiger charge is -2.30. The molecule has 0 unspecified atom stereocenters. The Balaban J connectivity index is 1.76. The zero-order valence-corrected chi connectivity index (χ0v) is 13.9. The van der Waals surface area contributed by atoms with Crippen molar-refractivity contribution in [3.8, 4) is 11.4 Å². The maximum atomic E-state index is 13.0. The first-order valence-corrected chi connectivity index (χ1v) is 8.14. The van der Waals surface area contributed by atoms with Crippen molar-refractivity contribution in [1.82, 2.24) is 14.9 Å². The summed E-state index contributed by atoms with van der Waals surface area (Å²) in [5.74, 6) is -0.503. The van der Waals surface area contributed by atoms with E-state index in [4.69, 9.17) is 5.73 Å². The quantitative estimate of drug-likeness (QED) is 0.923. The number of likely N-dealkylation sites (tertiary alicyclic amines) is 1. The second kappa shape index (κ2) is 6.96. The first kappa shape index (κ1) is 17.0. The molecule has 3 rings (SSSR count). The number of nitrogens with two attached hydrogens (primary N) is 1. The minimum absolute atomic E-state index is 0.147. The summed E-state index contributed by atoms with van der Waals surface area (Å²) in [5, 5.41) is 0. The Morgan fingerprint density at radius 1 is 1.20 bits per heavy atom. The number of aromatic nitrogens is 2. The summed E-state index contributed by atoms with van der Waals surface area (Å²) in [4.78, 5) is 34.2. The number of hydrogen-bond acceptors (Lipinski definition) is 4. The number of halogens is 1. The van der Waals surface area contributed by atoms with Gasteiger partial charge in [0.2, 0.25) is 5.91 Å². The Hall–Kier alpha value is -2.83. The van der Waals surface area contributed by atoms with Crippen LogP contribution in [0.4, 0.5) is 4.39 Å². The van der Waals surface area contributed by atoms with Gasteiger partial charge in [-0.1, -0.05) is 0 Å². The standard InChI is InChI=1S/C18H19FN4O2/c1-11-15(18(25)23-8-6-12(7-9-23)16(20)24)10-21-17(22-11)13-2-4-14(19)5-3-13/h2-5,10,12H,6-9H2,1H3,(H2,20,24). The van der Waals surface area contributed by atoms with Crippen molar-refractivity contribution >= 4 is 11.8 Å². The van der Waals surface area contributed by atoms with E-state index in [-0.39, 0.29) is 23.5 Å². The van der Waals surface area contributed by atoms with Gasteiger partial charge in [-0.15, -0.1) is 0 Å². The van der Waals surface area contributed by atoms with E-state index >= 15 is 0 Å². The van der Waals surface area contributed by atoms with Crippen LogP contribution in [-0.2, 0) is 4.79 Å². The number of rotatable bonds is 3. The van der Waals surface area contributed by atoms with Gasteiger partial charge in [-0.25, -0.2) is 14.4 Å². The van der Waals surface area contributed by atoms with Gasteiger partial charge in [-0.2, -0.15) is 0 Å². The number of aryl methyl sites for hydroxylation is 1. The third kappa shape index (κ3) is 3.65. The van der Waals surface area contributed by atoms with E-state index in [1.54, 1.807) is 24.0 Å². The second-order valence-corrected chi connectivity index (χ2v) is 6.17. The van der Waals surface area contributed by atoms with Crippen molar-refractivity contribution in [2.75, 3.05) is 13.1 Å². The molecule has 1 aromatic carbocycles. The topological polar surface area (TPSA) is 89.2 Å². The van der Waals surface area contributed by atoms with Crippen LogP contribution in [0.5, 0.6) is 0 Å². The molecule has 1 aliphatic heterocycles. The van der Waals surface area contributed by atoms with Gasteiger partial charge in [-0.05, 0) is 44.0 Å². The lowest BCUT2D eigenvalue weighted by molar-refractivity contribution is -0.123. The molecule has 0 bridgehead atoms. The fraction of sp³-hybridized carbons (Fsp3) is 0.333. The maximum Gasteiger partial charge on any atom is 0.257 e. The summed E-state index contributed by atoms with van der Waals surface area (Å²) < 4.78 is 13.0. The van der Waals surface area contributed by atoms with Crippen molar-refractivity contribution in [2.24, 2.45) is 11.7 Å². The molecule has 6 nitrogen and oxygen atoms in total. The van der Waals surface area contributed by atoms with Gasteiger partial charge >= 0.3 is 0 Å². The number of piperidine rings is 1. The molecule has 2 aromatic rings. The average Bonchev–Trinajstić information content (AvgIpc) is 2.62.